The van der Waals surface area contributed by atoms with Crippen LogP contribution in [0.1, 0.15) is 34.1 Å². The number of amides is 1. The quantitative estimate of drug-likeness (QED) is 0.678. The highest BCUT2D eigenvalue weighted by molar-refractivity contribution is 5.78. The first kappa shape index (κ1) is 12.4. The van der Waals surface area contributed by atoms with Crippen molar-refractivity contribution in [2.75, 3.05) is 6.61 Å². The fourth-order valence-electron chi connectivity index (χ4n) is 0.912. The predicted octanol–water partition coefficient (Wildman–Crippen LogP) is 1.17. The lowest BCUT2D eigenvalue weighted by atomic mass is 9.97. The zero-order chi connectivity index (χ0) is 10.4. The highest BCUT2D eigenvalue weighted by Gasteiger charge is 2.18. The van der Waals surface area contributed by atoms with Gasteiger partial charge in [-0.05, 0) is 12.3 Å². The average molecular weight is 187 g/mol. The second kappa shape index (κ2) is 5.97. The summed E-state index contributed by atoms with van der Waals surface area (Å²) in [5, 5.41) is 11.7. The highest BCUT2D eigenvalue weighted by Crippen LogP contribution is 2.09. The molecule has 0 aromatic heterocycles. The summed E-state index contributed by atoms with van der Waals surface area (Å²) >= 11 is 0. The molecule has 3 heteroatoms. The molecule has 0 aromatic carbocycles. The molecule has 0 bridgehead atoms. The molecule has 2 N–H and O–H groups in total. The molecule has 0 saturated carbocycles. The van der Waals surface area contributed by atoms with Gasteiger partial charge in [-0.25, -0.2) is 0 Å². The highest BCUT2D eigenvalue weighted by atomic mass is 16.3. The molecule has 2 atom stereocenters. The van der Waals surface area contributed by atoms with E-state index in [9.17, 15) is 4.79 Å². The van der Waals surface area contributed by atoms with Gasteiger partial charge < -0.3 is 10.4 Å². The number of carbonyl (C=O) groups is 1. The molecule has 1 amide bonds. The summed E-state index contributed by atoms with van der Waals surface area (Å²) < 4.78 is 0. The van der Waals surface area contributed by atoms with E-state index in [0.29, 0.717) is 5.92 Å². The molecule has 2 unspecified atom stereocenters. The van der Waals surface area contributed by atoms with Gasteiger partial charge in [0.25, 0.3) is 0 Å². The molecule has 13 heavy (non-hydrogen) atoms. The third-order valence-electron chi connectivity index (χ3n) is 2.47. The Morgan fingerprint density at radius 2 is 1.92 bits per heavy atom. The Labute approximate surface area is 80.5 Å². The van der Waals surface area contributed by atoms with Gasteiger partial charge in [-0.1, -0.05) is 27.7 Å². The number of nitrogens with one attached hydrogen (secondary N) is 1. The molecule has 0 radical (unpaired) electrons. The summed E-state index contributed by atoms with van der Waals surface area (Å²) in [5.74, 6) is 0.396. The fraction of sp³-hybridized carbons (Fsp3) is 0.900. The van der Waals surface area contributed by atoms with Crippen LogP contribution in [-0.4, -0.2) is 23.7 Å². The zero-order valence-corrected chi connectivity index (χ0v) is 9.00. The van der Waals surface area contributed by atoms with Crippen LogP contribution in [0.3, 0.4) is 0 Å². The molecule has 3 nitrogen and oxygen atoms in total. The lowest BCUT2D eigenvalue weighted by Crippen LogP contribution is -2.41. The Kier molecular flexibility index (Phi) is 5.71. The number of aliphatic hydroxyl groups is 1. The summed E-state index contributed by atoms with van der Waals surface area (Å²) in [6.07, 6.45) is 0.771. The van der Waals surface area contributed by atoms with E-state index in [1.807, 2.05) is 27.7 Å². The molecule has 0 fully saturated rings. The monoisotopic (exact) mass is 187 g/mol. The second-order valence-corrected chi connectivity index (χ2v) is 3.83. The van der Waals surface area contributed by atoms with Crippen LogP contribution in [0.4, 0.5) is 0 Å². The number of carbonyl (C=O) groups excluding carboxylic acids is 1. The molecule has 78 valence electrons. The van der Waals surface area contributed by atoms with Crippen LogP contribution in [-0.2, 0) is 4.79 Å². The number of rotatable bonds is 5. The molecule has 0 aliphatic carbocycles. The standard InChI is InChI=1S/C10H21NO2/c1-5-9(6-12)11-10(13)8(4)7(2)3/h7-9,12H,5-6H2,1-4H3,(H,11,13). The van der Waals surface area contributed by atoms with E-state index >= 15 is 0 Å². The number of hydrogen-bond acceptors (Lipinski definition) is 2. The molecule has 0 rings (SSSR count). The van der Waals surface area contributed by atoms with Crippen molar-refractivity contribution in [1.82, 2.24) is 5.32 Å². The van der Waals surface area contributed by atoms with Crippen LogP contribution in [0.2, 0.25) is 0 Å². The van der Waals surface area contributed by atoms with Gasteiger partial charge in [0, 0.05) is 5.92 Å². The van der Waals surface area contributed by atoms with Crippen molar-refractivity contribution in [2.45, 2.75) is 40.2 Å². The summed E-state index contributed by atoms with van der Waals surface area (Å²) in [6.45, 7) is 7.91. The number of aliphatic hydroxyl groups excluding tert-OH is 1. The van der Waals surface area contributed by atoms with E-state index in [1.54, 1.807) is 0 Å². The normalized spacial score (nSPS) is 15.5. The van der Waals surface area contributed by atoms with Gasteiger partial charge >= 0.3 is 0 Å². The van der Waals surface area contributed by atoms with Crippen LogP contribution in [0.5, 0.6) is 0 Å². The SMILES string of the molecule is CCC(CO)NC(=O)C(C)C(C)C. The van der Waals surface area contributed by atoms with Crippen molar-refractivity contribution < 1.29 is 9.90 Å². The summed E-state index contributed by atoms with van der Waals surface area (Å²) in [7, 11) is 0. The van der Waals surface area contributed by atoms with E-state index in [2.05, 4.69) is 5.32 Å². The van der Waals surface area contributed by atoms with Gasteiger partial charge in [0.1, 0.15) is 0 Å². The molecule has 0 spiro atoms. The maximum atomic E-state index is 11.5. The van der Waals surface area contributed by atoms with Crippen molar-refractivity contribution in [3.8, 4) is 0 Å². The molecule has 0 aliphatic rings. The second-order valence-electron chi connectivity index (χ2n) is 3.83. The van der Waals surface area contributed by atoms with Gasteiger partial charge in [-0.3, -0.25) is 4.79 Å². The summed E-state index contributed by atoms with van der Waals surface area (Å²) in [5.41, 5.74) is 0. The number of hydrogen-bond donors (Lipinski definition) is 2. The van der Waals surface area contributed by atoms with Crippen LogP contribution in [0.25, 0.3) is 0 Å². The van der Waals surface area contributed by atoms with Crippen LogP contribution < -0.4 is 5.32 Å². The van der Waals surface area contributed by atoms with E-state index in [4.69, 9.17) is 5.11 Å². The summed E-state index contributed by atoms with van der Waals surface area (Å²) in [6, 6.07) is -0.0892. The molecule has 0 aliphatic heterocycles. The molecule has 0 heterocycles. The molecule has 0 saturated heterocycles. The predicted molar refractivity (Wildman–Crippen MR) is 53.3 cm³/mol. The van der Waals surface area contributed by atoms with E-state index < -0.39 is 0 Å². The van der Waals surface area contributed by atoms with Gasteiger partial charge in [-0.2, -0.15) is 0 Å². The topological polar surface area (TPSA) is 49.3 Å². The average Bonchev–Trinajstić information content (AvgIpc) is 2.12. The Bertz CT molecular complexity index is 153. The van der Waals surface area contributed by atoms with Crippen LogP contribution in [0.15, 0.2) is 0 Å². The minimum Gasteiger partial charge on any atom is -0.394 e. The first-order valence-corrected chi connectivity index (χ1v) is 4.94. The van der Waals surface area contributed by atoms with E-state index in [0.717, 1.165) is 6.42 Å². The zero-order valence-electron chi connectivity index (χ0n) is 9.00. The molecule has 0 aromatic rings. The van der Waals surface area contributed by atoms with E-state index in [1.165, 1.54) is 0 Å². The first-order chi connectivity index (χ1) is 6.02. The van der Waals surface area contributed by atoms with Crippen molar-refractivity contribution in [1.29, 1.82) is 0 Å². The minimum absolute atomic E-state index is 0.0144. The Morgan fingerprint density at radius 1 is 1.38 bits per heavy atom. The fourth-order valence-corrected chi connectivity index (χ4v) is 0.912. The smallest absolute Gasteiger partial charge is 0.223 e. The van der Waals surface area contributed by atoms with E-state index in [-0.39, 0.29) is 24.5 Å². The van der Waals surface area contributed by atoms with Gasteiger partial charge in [0.2, 0.25) is 5.91 Å². The van der Waals surface area contributed by atoms with Crippen LogP contribution in [0, 0.1) is 11.8 Å². The molecular formula is C10H21NO2. The van der Waals surface area contributed by atoms with Gasteiger partial charge in [0.05, 0.1) is 12.6 Å². The Balaban J connectivity index is 3.98. The van der Waals surface area contributed by atoms with Crippen molar-refractivity contribution in [3.05, 3.63) is 0 Å². The van der Waals surface area contributed by atoms with Crippen molar-refractivity contribution in [2.24, 2.45) is 11.8 Å². The maximum Gasteiger partial charge on any atom is 0.223 e. The van der Waals surface area contributed by atoms with Gasteiger partial charge in [0.15, 0.2) is 0 Å². The molecular weight excluding hydrogens is 166 g/mol. The third kappa shape index (κ3) is 4.27. The van der Waals surface area contributed by atoms with Crippen molar-refractivity contribution >= 4 is 5.91 Å². The largest absolute Gasteiger partial charge is 0.394 e. The Hall–Kier alpha value is -0.570. The van der Waals surface area contributed by atoms with Crippen molar-refractivity contribution in [3.63, 3.8) is 0 Å². The first-order valence-electron chi connectivity index (χ1n) is 4.94. The van der Waals surface area contributed by atoms with Crippen LogP contribution >= 0.6 is 0 Å². The minimum atomic E-state index is -0.0892. The Morgan fingerprint density at radius 3 is 2.23 bits per heavy atom. The summed E-state index contributed by atoms with van der Waals surface area (Å²) in [4.78, 5) is 11.5. The third-order valence-corrected chi connectivity index (χ3v) is 2.47. The lowest BCUT2D eigenvalue weighted by Gasteiger charge is -2.19. The van der Waals surface area contributed by atoms with Gasteiger partial charge in [-0.15, -0.1) is 0 Å². The maximum absolute atomic E-state index is 11.5. The lowest BCUT2D eigenvalue weighted by molar-refractivity contribution is -0.126.